The second kappa shape index (κ2) is 8.53. The molecule has 0 aliphatic carbocycles. The first-order valence-electron chi connectivity index (χ1n) is 10.2. The molecule has 0 radical (unpaired) electrons. The predicted molar refractivity (Wildman–Crippen MR) is 115 cm³/mol. The maximum Gasteiger partial charge on any atom is 0.251 e. The fourth-order valence-corrected chi connectivity index (χ4v) is 3.71. The largest absolute Gasteiger partial charge is 0.456 e. The molecule has 154 valence electrons. The van der Waals surface area contributed by atoms with E-state index in [0.717, 1.165) is 30.5 Å². The van der Waals surface area contributed by atoms with E-state index < -0.39 is 0 Å². The Morgan fingerprint density at radius 2 is 1.90 bits per heavy atom. The highest BCUT2D eigenvalue weighted by Gasteiger charge is 2.19. The fraction of sp³-hybridized carbons (Fsp3) is 0.292. The lowest BCUT2D eigenvalue weighted by Gasteiger charge is -2.15. The van der Waals surface area contributed by atoms with E-state index in [9.17, 15) is 14.4 Å². The number of carbonyl (C=O) groups is 2. The SMILES string of the molecule is Cc1ccc2oc(-c3ccc(C(=O)NCCCN4CCCC4=O)cc3)cc(=O)c2c1. The van der Waals surface area contributed by atoms with Gasteiger partial charge in [0, 0.05) is 43.2 Å². The van der Waals surface area contributed by atoms with E-state index in [1.807, 2.05) is 24.0 Å². The topological polar surface area (TPSA) is 79.6 Å². The van der Waals surface area contributed by atoms with Gasteiger partial charge in [0.25, 0.3) is 5.91 Å². The van der Waals surface area contributed by atoms with Gasteiger partial charge in [-0.3, -0.25) is 14.4 Å². The highest BCUT2D eigenvalue weighted by atomic mass is 16.3. The second-order valence-electron chi connectivity index (χ2n) is 7.65. The number of aryl methyl sites for hydroxylation is 1. The van der Waals surface area contributed by atoms with Crippen LogP contribution in [0, 0.1) is 6.92 Å². The van der Waals surface area contributed by atoms with Crippen molar-refractivity contribution in [1.29, 1.82) is 0 Å². The van der Waals surface area contributed by atoms with Gasteiger partial charge in [0.1, 0.15) is 11.3 Å². The van der Waals surface area contributed by atoms with Gasteiger partial charge in [0.05, 0.1) is 5.39 Å². The molecule has 2 heterocycles. The van der Waals surface area contributed by atoms with Crippen molar-refractivity contribution in [3.8, 4) is 11.3 Å². The predicted octanol–water partition coefficient (Wildman–Crippen LogP) is 3.51. The van der Waals surface area contributed by atoms with E-state index in [0.29, 0.717) is 41.8 Å². The van der Waals surface area contributed by atoms with Gasteiger partial charge in [0.2, 0.25) is 5.91 Å². The zero-order valence-corrected chi connectivity index (χ0v) is 16.9. The lowest BCUT2D eigenvalue weighted by atomic mass is 10.1. The lowest BCUT2D eigenvalue weighted by molar-refractivity contribution is -0.127. The normalized spacial score (nSPS) is 13.8. The van der Waals surface area contributed by atoms with Gasteiger partial charge in [0.15, 0.2) is 5.43 Å². The molecule has 6 nitrogen and oxygen atoms in total. The Balaban J connectivity index is 1.39. The number of rotatable bonds is 6. The van der Waals surface area contributed by atoms with Crippen LogP contribution in [0.4, 0.5) is 0 Å². The van der Waals surface area contributed by atoms with Crippen LogP contribution in [0.25, 0.3) is 22.3 Å². The summed E-state index contributed by atoms with van der Waals surface area (Å²) in [7, 11) is 0. The molecule has 1 N–H and O–H groups in total. The number of benzene rings is 2. The molecular formula is C24H24N2O4. The standard InChI is InChI=1S/C24H24N2O4/c1-16-5-10-21-19(14-16)20(27)15-22(30-21)17-6-8-18(9-7-17)24(29)25-11-3-13-26-12-2-4-23(26)28/h5-10,14-15H,2-4,11-13H2,1H3,(H,25,29). The molecule has 1 aliphatic rings. The van der Waals surface area contributed by atoms with Gasteiger partial charge in [-0.25, -0.2) is 0 Å². The fourth-order valence-electron chi connectivity index (χ4n) is 3.71. The molecule has 1 aromatic heterocycles. The first kappa shape index (κ1) is 19.9. The van der Waals surface area contributed by atoms with Gasteiger partial charge in [-0.1, -0.05) is 23.8 Å². The molecule has 1 aliphatic heterocycles. The summed E-state index contributed by atoms with van der Waals surface area (Å²) in [6, 6.07) is 14.0. The summed E-state index contributed by atoms with van der Waals surface area (Å²) < 4.78 is 5.89. The molecule has 6 heteroatoms. The Morgan fingerprint density at radius 1 is 1.10 bits per heavy atom. The average Bonchev–Trinajstić information content (AvgIpc) is 3.16. The van der Waals surface area contributed by atoms with Crippen molar-refractivity contribution >= 4 is 22.8 Å². The minimum Gasteiger partial charge on any atom is -0.456 e. The molecule has 0 spiro atoms. The Morgan fingerprint density at radius 3 is 2.63 bits per heavy atom. The molecule has 1 saturated heterocycles. The van der Waals surface area contributed by atoms with E-state index in [1.165, 1.54) is 6.07 Å². The Bertz CT molecular complexity index is 1150. The minimum absolute atomic E-state index is 0.0896. The molecule has 3 aromatic rings. The first-order valence-corrected chi connectivity index (χ1v) is 10.2. The van der Waals surface area contributed by atoms with E-state index in [4.69, 9.17) is 4.42 Å². The van der Waals surface area contributed by atoms with Gasteiger partial charge in [-0.15, -0.1) is 0 Å². The molecular weight excluding hydrogens is 380 g/mol. The van der Waals surface area contributed by atoms with Crippen molar-refractivity contribution in [3.05, 3.63) is 69.9 Å². The van der Waals surface area contributed by atoms with Crippen molar-refractivity contribution < 1.29 is 14.0 Å². The van der Waals surface area contributed by atoms with Crippen LogP contribution in [0.1, 0.15) is 35.2 Å². The summed E-state index contributed by atoms with van der Waals surface area (Å²) in [5.41, 5.74) is 2.73. The lowest BCUT2D eigenvalue weighted by Crippen LogP contribution is -2.30. The summed E-state index contributed by atoms with van der Waals surface area (Å²) in [6.07, 6.45) is 2.29. The van der Waals surface area contributed by atoms with Gasteiger partial charge >= 0.3 is 0 Å². The summed E-state index contributed by atoms with van der Waals surface area (Å²) in [6.45, 7) is 3.95. The van der Waals surface area contributed by atoms with Crippen LogP contribution < -0.4 is 10.7 Å². The molecule has 0 unspecified atom stereocenters. The van der Waals surface area contributed by atoms with Crippen LogP contribution in [0.3, 0.4) is 0 Å². The average molecular weight is 404 g/mol. The second-order valence-corrected chi connectivity index (χ2v) is 7.65. The van der Waals surface area contributed by atoms with Crippen LogP contribution in [0.5, 0.6) is 0 Å². The van der Waals surface area contributed by atoms with Crippen molar-refractivity contribution in [2.45, 2.75) is 26.2 Å². The van der Waals surface area contributed by atoms with Crippen molar-refractivity contribution in [1.82, 2.24) is 10.2 Å². The molecule has 0 bridgehead atoms. The quantitative estimate of drug-likeness (QED) is 0.638. The Kier molecular flexibility index (Phi) is 5.65. The zero-order valence-electron chi connectivity index (χ0n) is 16.9. The van der Waals surface area contributed by atoms with E-state index >= 15 is 0 Å². The number of amides is 2. The van der Waals surface area contributed by atoms with Crippen molar-refractivity contribution in [2.24, 2.45) is 0 Å². The number of hydrogen-bond acceptors (Lipinski definition) is 4. The van der Waals surface area contributed by atoms with Crippen LogP contribution in [-0.4, -0.2) is 36.3 Å². The number of fused-ring (bicyclic) bond motifs is 1. The first-order chi connectivity index (χ1) is 14.5. The smallest absolute Gasteiger partial charge is 0.251 e. The molecule has 4 rings (SSSR count). The molecule has 30 heavy (non-hydrogen) atoms. The minimum atomic E-state index is -0.162. The summed E-state index contributed by atoms with van der Waals surface area (Å²) >= 11 is 0. The maximum atomic E-state index is 12.4. The third-order valence-electron chi connectivity index (χ3n) is 5.38. The molecule has 1 fully saturated rings. The summed E-state index contributed by atoms with van der Waals surface area (Å²) in [5, 5.41) is 3.45. The molecule has 2 aromatic carbocycles. The number of nitrogens with zero attached hydrogens (tertiary/aromatic N) is 1. The third kappa shape index (κ3) is 4.27. The Labute approximate surface area is 174 Å². The van der Waals surface area contributed by atoms with Crippen LogP contribution in [0.2, 0.25) is 0 Å². The van der Waals surface area contributed by atoms with Gasteiger partial charge < -0.3 is 14.6 Å². The number of likely N-dealkylation sites (tertiary alicyclic amines) is 1. The summed E-state index contributed by atoms with van der Waals surface area (Å²) in [4.78, 5) is 38.2. The molecule has 2 amide bonds. The van der Waals surface area contributed by atoms with E-state index in [1.54, 1.807) is 30.3 Å². The van der Waals surface area contributed by atoms with Crippen molar-refractivity contribution in [2.75, 3.05) is 19.6 Å². The number of nitrogens with one attached hydrogen (secondary N) is 1. The third-order valence-corrected chi connectivity index (χ3v) is 5.38. The van der Waals surface area contributed by atoms with E-state index in [2.05, 4.69) is 5.32 Å². The molecule has 0 atom stereocenters. The maximum absolute atomic E-state index is 12.4. The zero-order chi connectivity index (χ0) is 21.1. The van der Waals surface area contributed by atoms with Crippen molar-refractivity contribution in [3.63, 3.8) is 0 Å². The van der Waals surface area contributed by atoms with E-state index in [-0.39, 0.29) is 17.2 Å². The monoisotopic (exact) mass is 404 g/mol. The highest BCUT2D eigenvalue weighted by Crippen LogP contribution is 2.23. The summed E-state index contributed by atoms with van der Waals surface area (Å²) in [5.74, 6) is 0.510. The van der Waals surface area contributed by atoms with Gasteiger partial charge in [-0.05, 0) is 44.0 Å². The van der Waals surface area contributed by atoms with Gasteiger partial charge in [-0.2, -0.15) is 0 Å². The molecule has 0 saturated carbocycles. The number of carbonyl (C=O) groups excluding carboxylic acids is 2. The number of hydrogen-bond donors (Lipinski definition) is 1. The van der Waals surface area contributed by atoms with Crippen LogP contribution >= 0.6 is 0 Å². The van der Waals surface area contributed by atoms with Crippen LogP contribution in [-0.2, 0) is 4.79 Å². The highest BCUT2D eigenvalue weighted by molar-refractivity contribution is 5.94. The van der Waals surface area contributed by atoms with Crippen LogP contribution in [0.15, 0.2) is 57.7 Å². The Hall–Kier alpha value is -3.41.